The first-order valence-electron chi connectivity index (χ1n) is 4.88. The molecule has 1 rings (SSSR count). The van der Waals surface area contributed by atoms with E-state index in [1.54, 1.807) is 32.0 Å². The lowest BCUT2D eigenvalue weighted by Crippen LogP contribution is -2.10. The standard InChI is InChI=1S/C10H13BrClO3P/c1-3-14-16(13,15-4-2)8-5-6-10(12)9(11)7-8/h5-7H,3-4H2,1-2H3. The summed E-state index contributed by atoms with van der Waals surface area (Å²) >= 11 is 9.14. The molecule has 0 saturated carbocycles. The molecule has 1 aromatic carbocycles. The Morgan fingerprint density at radius 3 is 2.31 bits per heavy atom. The molecule has 0 aliphatic carbocycles. The van der Waals surface area contributed by atoms with E-state index in [1.807, 2.05) is 0 Å². The van der Waals surface area contributed by atoms with Crippen LogP contribution < -0.4 is 5.30 Å². The fourth-order valence-corrected chi connectivity index (χ4v) is 3.45. The molecule has 0 aliphatic rings. The molecular weight excluding hydrogens is 314 g/mol. The van der Waals surface area contributed by atoms with Gasteiger partial charge in [0.25, 0.3) is 0 Å². The van der Waals surface area contributed by atoms with Crippen LogP contribution >= 0.6 is 35.1 Å². The highest BCUT2D eigenvalue weighted by atomic mass is 79.9. The van der Waals surface area contributed by atoms with E-state index in [-0.39, 0.29) is 0 Å². The molecule has 90 valence electrons. The highest BCUT2D eigenvalue weighted by Crippen LogP contribution is 2.47. The van der Waals surface area contributed by atoms with Crippen LogP contribution in [-0.4, -0.2) is 13.2 Å². The predicted octanol–water partition coefficient (Wildman–Crippen LogP) is 3.99. The Bertz CT molecular complexity index is 401. The highest BCUT2D eigenvalue weighted by molar-refractivity contribution is 9.10. The fourth-order valence-electron chi connectivity index (χ4n) is 1.18. The zero-order valence-corrected chi connectivity index (χ0v) is 12.3. The Morgan fingerprint density at radius 1 is 1.31 bits per heavy atom. The molecule has 0 heterocycles. The van der Waals surface area contributed by atoms with Gasteiger partial charge in [-0.15, -0.1) is 0 Å². The summed E-state index contributed by atoms with van der Waals surface area (Å²) < 4.78 is 23.5. The lowest BCUT2D eigenvalue weighted by molar-refractivity contribution is 0.230. The van der Waals surface area contributed by atoms with Gasteiger partial charge >= 0.3 is 7.60 Å². The van der Waals surface area contributed by atoms with Crippen molar-refractivity contribution in [1.29, 1.82) is 0 Å². The first-order valence-corrected chi connectivity index (χ1v) is 7.59. The normalized spacial score (nSPS) is 11.8. The van der Waals surface area contributed by atoms with Crippen molar-refractivity contribution >= 4 is 40.4 Å². The molecule has 0 atom stereocenters. The molecule has 0 N–H and O–H groups in total. The summed E-state index contributed by atoms with van der Waals surface area (Å²) in [6.45, 7) is 4.21. The zero-order valence-electron chi connectivity index (χ0n) is 9.07. The molecular formula is C10H13BrClO3P. The van der Waals surface area contributed by atoms with Gasteiger partial charge < -0.3 is 9.05 Å². The molecule has 0 bridgehead atoms. The Kier molecular flexibility index (Phi) is 5.48. The summed E-state index contributed by atoms with van der Waals surface area (Å²) in [5.41, 5.74) is 0. The Balaban J connectivity index is 3.11. The predicted molar refractivity (Wildman–Crippen MR) is 69.6 cm³/mol. The van der Waals surface area contributed by atoms with Gasteiger partial charge in [-0.25, -0.2) is 0 Å². The van der Waals surface area contributed by atoms with Crippen LogP contribution in [0.25, 0.3) is 0 Å². The van der Waals surface area contributed by atoms with Crippen molar-refractivity contribution in [3.63, 3.8) is 0 Å². The number of hydrogen-bond donors (Lipinski definition) is 0. The van der Waals surface area contributed by atoms with Crippen LogP contribution in [-0.2, 0) is 13.6 Å². The third kappa shape index (κ3) is 3.31. The zero-order chi connectivity index (χ0) is 12.2. The van der Waals surface area contributed by atoms with Crippen LogP contribution in [0.15, 0.2) is 22.7 Å². The number of benzene rings is 1. The van der Waals surface area contributed by atoms with E-state index < -0.39 is 7.60 Å². The molecule has 6 heteroatoms. The second kappa shape index (κ2) is 6.18. The smallest absolute Gasteiger partial charge is 0.305 e. The molecule has 0 amide bonds. The van der Waals surface area contributed by atoms with E-state index in [1.165, 1.54) is 0 Å². The fraction of sp³-hybridized carbons (Fsp3) is 0.400. The lowest BCUT2D eigenvalue weighted by Gasteiger charge is -2.17. The minimum absolute atomic E-state index is 0.331. The number of rotatable bonds is 5. The minimum atomic E-state index is -3.21. The molecule has 0 aromatic heterocycles. The molecule has 0 radical (unpaired) electrons. The van der Waals surface area contributed by atoms with E-state index in [0.29, 0.717) is 28.0 Å². The van der Waals surface area contributed by atoms with Gasteiger partial charge in [-0.1, -0.05) is 11.6 Å². The topological polar surface area (TPSA) is 35.5 Å². The quantitative estimate of drug-likeness (QED) is 0.767. The van der Waals surface area contributed by atoms with Gasteiger partial charge in [-0.05, 0) is 48.0 Å². The van der Waals surface area contributed by atoms with Crippen molar-refractivity contribution in [2.75, 3.05) is 13.2 Å². The van der Waals surface area contributed by atoms with Gasteiger partial charge in [0.05, 0.1) is 23.5 Å². The average molecular weight is 328 g/mol. The van der Waals surface area contributed by atoms with Gasteiger partial charge in [-0.2, -0.15) is 0 Å². The monoisotopic (exact) mass is 326 g/mol. The van der Waals surface area contributed by atoms with E-state index in [0.717, 1.165) is 0 Å². The van der Waals surface area contributed by atoms with Crippen LogP contribution in [0, 0.1) is 0 Å². The Labute approximate surface area is 109 Å². The summed E-state index contributed by atoms with van der Waals surface area (Å²) in [7, 11) is -3.21. The SMILES string of the molecule is CCOP(=O)(OCC)c1ccc(Cl)c(Br)c1. The average Bonchev–Trinajstić information content (AvgIpc) is 2.22. The molecule has 1 aromatic rings. The first kappa shape index (κ1) is 14.2. The van der Waals surface area contributed by atoms with Crippen molar-refractivity contribution in [2.24, 2.45) is 0 Å². The number of hydrogen-bond acceptors (Lipinski definition) is 3. The summed E-state index contributed by atoms with van der Waals surface area (Å²) in [6.07, 6.45) is 0. The van der Waals surface area contributed by atoms with Crippen LogP contribution in [0.4, 0.5) is 0 Å². The van der Waals surface area contributed by atoms with E-state index >= 15 is 0 Å². The third-order valence-corrected chi connectivity index (χ3v) is 5.14. The van der Waals surface area contributed by atoms with Gasteiger partial charge in [-0.3, -0.25) is 4.57 Å². The van der Waals surface area contributed by atoms with Gasteiger partial charge in [0.15, 0.2) is 0 Å². The third-order valence-electron chi connectivity index (χ3n) is 1.82. The van der Waals surface area contributed by atoms with Crippen LogP contribution in [0.2, 0.25) is 5.02 Å². The number of halogens is 2. The second-order valence-corrected chi connectivity index (χ2v) is 6.22. The van der Waals surface area contributed by atoms with Gasteiger partial charge in [0.2, 0.25) is 0 Å². The summed E-state index contributed by atoms with van der Waals surface area (Å²) in [6, 6.07) is 4.97. The Hall–Kier alpha value is 0.140. The first-order chi connectivity index (χ1) is 7.53. The van der Waals surface area contributed by atoms with E-state index in [2.05, 4.69) is 15.9 Å². The second-order valence-electron chi connectivity index (χ2n) is 2.93. The largest absolute Gasteiger partial charge is 0.361 e. The van der Waals surface area contributed by atoms with Crippen molar-refractivity contribution in [1.82, 2.24) is 0 Å². The Morgan fingerprint density at radius 2 is 1.88 bits per heavy atom. The highest BCUT2D eigenvalue weighted by Gasteiger charge is 2.26. The van der Waals surface area contributed by atoms with Gasteiger partial charge in [0.1, 0.15) is 0 Å². The van der Waals surface area contributed by atoms with E-state index in [4.69, 9.17) is 20.6 Å². The van der Waals surface area contributed by atoms with Crippen LogP contribution in [0.5, 0.6) is 0 Å². The molecule has 0 spiro atoms. The van der Waals surface area contributed by atoms with Gasteiger partial charge in [0, 0.05) is 4.47 Å². The summed E-state index contributed by atoms with van der Waals surface area (Å²) in [5.74, 6) is 0. The molecule has 0 unspecified atom stereocenters. The van der Waals surface area contributed by atoms with Crippen LogP contribution in [0.1, 0.15) is 13.8 Å². The summed E-state index contributed by atoms with van der Waals surface area (Å²) in [5, 5.41) is 1.07. The van der Waals surface area contributed by atoms with E-state index in [9.17, 15) is 4.57 Å². The summed E-state index contributed by atoms with van der Waals surface area (Å²) in [4.78, 5) is 0. The lowest BCUT2D eigenvalue weighted by atomic mass is 10.4. The molecule has 0 saturated heterocycles. The van der Waals surface area contributed by atoms with Crippen molar-refractivity contribution in [3.05, 3.63) is 27.7 Å². The van der Waals surface area contributed by atoms with Crippen molar-refractivity contribution < 1.29 is 13.6 Å². The molecule has 3 nitrogen and oxygen atoms in total. The maximum Gasteiger partial charge on any atom is 0.361 e. The van der Waals surface area contributed by atoms with Crippen molar-refractivity contribution in [3.8, 4) is 0 Å². The molecule has 0 aliphatic heterocycles. The molecule has 16 heavy (non-hydrogen) atoms. The van der Waals surface area contributed by atoms with Crippen molar-refractivity contribution in [2.45, 2.75) is 13.8 Å². The maximum absolute atomic E-state index is 12.4. The maximum atomic E-state index is 12.4. The van der Waals surface area contributed by atoms with Crippen LogP contribution in [0.3, 0.4) is 0 Å². The minimum Gasteiger partial charge on any atom is -0.305 e. The molecule has 0 fully saturated rings.